The summed E-state index contributed by atoms with van der Waals surface area (Å²) in [6, 6.07) is 6.01. The Labute approximate surface area is 141 Å². The molecule has 0 bridgehead atoms. The smallest absolute Gasteiger partial charge is 0.272 e. The SMILES string of the molecule is O=C(c1cc(-n2cccn2)ccn1)N1CCC(N2CCNCC2)C1. The Morgan fingerprint density at radius 3 is 2.88 bits per heavy atom. The Morgan fingerprint density at radius 1 is 1.21 bits per heavy atom. The second-order valence-corrected chi connectivity index (χ2v) is 6.33. The summed E-state index contributed by atoms with van der Waals surface area (Å²) in [6.45, 7) is 5.82. The van der Waals surface area contributed by atoms with Gasteiger partial charge < -0.3 is 10.2 Å². The highest BCUT2D eigenvalue weighted by atomic mass is 16.2. The Kier molecular flexibility index (Phi) is 4.27. The van der Waals surface area contributed by atoms with E-state index in [-0.39, 0.29) is 5.91 Å². The number of rotatable bonds is 3. The summed E-state index contributed by atoms with van der Waals surface area (Å²) >= 11 is 0. The van der Waals surface area contributed by atoms with Crippen molar-refractivity contribution >= 4 is 5.91 Å². The van der Waals surface area contributed by atoms with Crippen LogP contribution < -0.4 is 5.32 Å². The first kappa shape index (κ1) is 15.3. The van der Waals surface area contributed by atoms with Crippen molar-refractivity contribution in [1.29, 1.82) is 0 Å². The molecule has 0 aliphatic carbocycles. The minimum Gasteiger partial charge on any atom is -0.336 e. The molecule has 2 aromatic rings. The lowest BCUT2D eigenvalue weighted by atomic mass is 10.2. The van der Waals surface area contributed by atoms with Crippen LogP contribution in [0.1, 0.15) is 16.9 Å². The molecule has 4 rings (SSSR count). The largest absolute Gasteiger partial charge is 0.336 e. The molecule has 1 N–H and O–H groups in total. The summed E-state index contributed by atoms with van der Waals surface area (Å²) in [5.41, 5.74) is 1.35. The standard InChI is InChI=1S/C17H22N6O/c24-17(16-12-14(2-5-19-16)23-8-1-4-20-23)22-9-3-15(13-22)21-10-6-18-7-11-21/h1-2,4-5,8,12,15,18H,3,6-7,9-11,13H2. The third-order valence-electron chi connectivity index (χ3n) is 4.85. The molecule has 2 aromatic heterocycles. The van der Waals surface area contributed by atoms with Gasteiger partial charge in [0.25, 0.3) is 5.91 Å². The molecule has 2 aliphatic heterocycles. The Morgan fingerprint density at radius 2 is 2.08 bits per heavy atom. The van der Waals surface area contributed by atoms with E-state index in [2.05, 4.69) is 20.3 Å². The van der Waals surface area contributed by atoms with Gasteiger partial charge in [-0.1, -0.05) is 0 Å². The molecule has 2 fully saturated rings. The van der Waals surface area contributed by atoms with E-state index in [9.17, 15) is 4.79 Å². The van der Waals surface area contributed by atoms with E-state index >= 15 is 0 Å². The molecule has 1 amide bonds. The van der Waals surface area contributed by atoms with Crippen molar-refractivity contribution in [3.05, 3.63) is 42.5 Å². The third-order valence-corrected chi connectivity index (χ3v) is 4.85. The molecule has 1 unspecified atom stereocenters. The normalized spacial score (nSPS) is 22.0. The van der Waals surface area contributed by atoms with Crippen molar-refractivity contribution in [2.45, 2.75) is 12.5 Å². The van der Waals surface area contributed by atoms with Crippen LogP contribution in [0.2, 0.25) is 0 Å². The lowest BCUT2D eigenvalue weighted by molar-refractivity contribution is 0.0767. The van der Waals surface area contributed by atoms with E-state index in [0.29, 0.717) is 11.7 Å². The molecule has 7 nitrogen and oxygen atoms in total. The van der Waals surface area contributed by atoms with Crippen LogP contribution in [0.4, 0.5) is 0 Å². The van der Waals surface area contributed by atoms with E-state index in [0.717, 1.165) is 51.4 Å². The number of likely N-dealkylation sites (tertiary alicyclic amines) is 1. The molecule has 24 heavy (non-hydrogen) atoms. The molecule has 0 aromatic carbocycles. The van der Waals surface area contributed by atoms with Crippen molar-refractivity contribution in [2.75, 3.05) is 39.3 Å². The van der Waals surface area contributed by atoms with Gasteiger partial charge >= 0.3 is 0 Å². The second kappa shape index (κ2) is 6.70. The van der Waals surface area contributed by atoms with Crippen molar-refractivity contribution in [3.8, 4) is 5.69 Å². The summed E-state index contributed by atoms with van der Waals surface area (Å²) in [7, 11) is 0. The highest BCUT2D eigenvalue weighted by molar-refractivity contribution is 5.93. The quantitative estimate of drug-likeness (QED) is 0.884. The molecule has 2 saturated heterocycles. The van der Waals surface area contributed by atoms with Crippen LogP contribution in [0, 0.1) is 0 Å². The minimum atomic E-state index is 0.0154. The molecule has 0 saturated carbocycles. The van der Waals surface area contributed by atoms with Gasteiger partial charge in [0.05, 0.1) is 5.69 Å². The van der Waals surface area contributed by atoms with E-state index in [1.54, 1.807) is 17.1 Å². The lowest BCUT2D eigenvalue weighted by Crippen LogP contribution is -2.49. The van der Waals surface area contributed by atoms with E-state index in [4.69, 9.17) is 0 Å². The predicted octanol–water partition coefficient (Wildman–Crippen LogP) is 0.387. The summed E-state index contributed by atoms with van der Waals surface area (Å²) in [6.07, 6.45) is 6.30. The summed E-state index contributed by atoms with van der Waals surface area (Å²) in [5.74, 6) is 0.0154. The molecule has 0 spiro atoms. The molecule has 0 radical (unpaired) electrons. The number of hydrogen-bond acceptors (Lipinski definition) is 5. The highest BCUT2D eigenvalue weighted by Gasteiger charge is 2.31. The molecule has 1 atom stereocenters. The summed E-state index contributed by atoms with van der Waals surface area (Å²) in [4.78, 5) is 21.5. The first-order valence-corrected chi connectivity index (χ1v) is 8.51. The van der Waals surface area contributed by atoms with Gasteiger partial charge in [0.2, 0.25) is 0 Å². The fourth-order valence-corrected chi connectivity index (χ4v) is 3.53. The number of carbonyl (C=O) groups excluding carboxylic acids is 1. The van der Waals surface area contributed by atoms with Gasteiger partial charge in [-0.25, -0.2) is 4.68 Å². The zero-order valence-corrected chi connectivity index (χ0v) is 13.6. The number of piperazine rings is 1. The van der Waals surface area contributed by atoms with Crippen LogP contribution in [0.5, 0.6) is 0 Å². The number of aromatic nitrogens is 3. The monoisotopic (exact) mass is 326 g/mol. The lowest BCUT2D eigenvalue weighted by Gasteiger charge is -2.32. The van der Waals surface area contributed by atoms with Crippen LogP contribution in [0.25, 0.3) is 5.69 Å². The van der Waals surface area contributed by atoms with E-state index < -0.39 is 0 Å². The van der Waals surface area contributed by atoms with Crippen LogP contribution in [-0.4, -0.2) is 75.8 Å². The highest BCUT2D eigenvalue weighted by Crippen LogP contribution is 2.19. The van der Waals surface area contributed by atoms with Gasteiger partial charge in [-0.3, -0.25) is 14.7 Å². The van der Waals surface area contributed by atoms with E-state index in [1.807, 2.05) is 29.3 Å². The second-order valence-electron chi connectivity index (χ2n) is 6.33. The number of hydrogen-bond donors (Lipinski definition) is 1. The Balaban J connectivity index is 1.45. The number of carbonyl (C=O) groups is 1. The van der Waals surface area contributed by atoms with Gasteiger partial charge in [0, 0.05) is 63.9 Å². The van der Waals surface area contributed by atoms with Crippen LogP contribution >= 0.6 is 0 Å². The van der Waals surface area contributed by atoms with Crippen LogP contribution in [-0.2, 0) is 0 Å². The Hall–Kier alpha value is -2.25. The average Bonchev–Trinajstić information content (AvgIpc) is 3.34. The fraction of sp³-hybridized carbons (Fsp3) is 0.471. The van der Waals surface area contributed by atoms with Gasteiger partial charge in [-0.15, -0.1) is 0 Å². The van der Waals surface area contributed by atoms with Crippen molar-refractivity contribution in [3.63, 3.8) is 0 Å². The summed E-state index contributed by atoms with van der Waals surface area (Å²) in [5, 5.41) is 7.59. The van der Waals surface area contributed by atoms with Crippen LogP contribution in [0.3, 0.4) is 0 Å². The number of nitrogens with one attached hydrogen (secondary N) is 1. The summed E-state index contributed by atoms with van der Waals surface area (Å²) < 4.78 is 1.74. The molecular formula is C17H22N6O. The maximum absolute atomic E-state index is 12.8. The van der Waals surface area contributed by atoms with Crippen molar-refractivity contribution in [2.24, 2.45) is 0 Å². The minimum absolute atomic E-state index is 0.0154. The Bertz CT molecular complexity index is 695. The number of pyridine rings is 1. The maximum Gasteiger partial charge on any atom is 0.272 e. The molecule has 4 heterocycles. The number of nitrogens with zero attached hydrogens (tertiary/aromatic N) is 5. The zero-order valence-electron chi connectivity index (χ0n) is 13.6. The molecule has 7 heteroatoms. The zero-order chi connectivity index (χ0) is 16.4. The molecule has 126 valence electrons. The molecular weight excluding hydrogens is 304 g/mol. The molecule has 2 aliphatic rings. The first-order chi connectivity index (χ1) is 11.8. The van der Waals surface area contributed by atoms with Gasteiger partial charge in [-0.2, -0.15) is 5.10 Å². The van der Waals surface area contributed by atoms with Crippen molar-refractivity contribution < 1.29 is 4.79 Å². The third kappa shape index (κ3) is 3.05. The topological polar surface area (TPSA) is 66.3 Å². The number of amides is 1. The van der Waals surface area contributed by atoms with Crippen LogP contribution in [0.15, 0.2) is 36.8 Å². The van der Waals surface area contributed by atoms with Crippen molar-refractivity contribution in [1.82, 2.24) is 29.9 Å². The van der Waals surface area contributed by atoms with Gasteiger partial charge in [-0.05, 0) is 24.6 Å². The van der Waals surface area contributed by atoms with E-state index in [1.165, 1.54) is 0 Å². The first-order valence-electron chi connectivity index (χ1n) is 8.51. The van der Waals surface area contributed by atoms with Gasteiger partial charge in [0.1, 0.15) is 5.69 Å². The maximum atomic E-state index is 12.8. The average molecular weight is 326 g/mol. The predicted molar refractivity (Wildman–Crippen MR) is 90.1 cm³/mol. The van der Waals surface area contributed by atoms with Gasteiger partial charge in [0.15, 0.2) is 0 Å². The fourth-order valence-electron chi connectivity index (χ4n) is 3.53.